The molecule has 0 N–H and O–H groups in total. The van der Waals surface area contributed by atoms with Crippen LogP contribution in [0.1, 0.15) is 66.7 Å². The van der Waals surface area contributed by atoms with Gasteiger partial charge in [-0.25, -0.2) is 0 Å². The van der Waals surface area contributed by atoms with Crippen molar-refractivity contribution in [2.24, 2.45) is 11.3 Å². The largest absolute Gasteiger partial charge is 0.0770 e. The molecule has 0 heteroatoms. The van der Waals surface area contributed by atoms with Crippen molar-refractivity contribution < 1.29 is 0 Å². The molecule has 82 valence electrons. The average molecular weight is 194 g/mol. The molecule has 0 atom stereocenters. The first kappa shape index (κ1) is 11.8. The van der Waals surface area contributed by atoms with Crippen molar-refractivity contribution in [3.05, 3.63) is 11.1 Å². The molecule has 0 nitrogen and oxygen atoms in total. The van der Waals surface area contributed by atoms with Crippen molar-refractivity contribution in [3.63, 3.8) is 0 Å². The lowest BCUT2D eigenvalue weighted by Gasteiger charge is -2.30. The summed E-state index contributed by atoms with van der Waals surface area (Å²) in [6, 6.07) is 0. The van der Waals surface area contributed by atoms with Crippen LogP contribution < -0.4 is 0 Å². The van der Waals surface area contributed by atoms with Crippen LogP contribution in [-0.4, -0.2) is 0 Å². The molecule has 0 aromatic carbocycles. The lowest BCUT2D eigenvalue weighted by atomic mass is 9.75. The molecule has 0 amide bonds. The molecule has 1 aliphatic rings. The maximum Gasteiger partial charge on any atom is -0.0142 e. The van der Waals surface area contributed by atoms with Gasteiger partial charge in [0.05, 0.1) is 0 Å². The van der Waals surface area contributed by atoms with Crippen molar-refractivity contribution in [2.75, 3.05) is 0 Å². The molecule has 0 aromatic heterocycles. The second kappa shape index (κ2) is 4.51. The van der Waals surface area contributed by atoms with Gasteiger partial charge in [-0.2, -0.15) is 0 Å². The number of hydrogen-bond donors (Lipinski definition) is 0. The zero-order valence-corrected chi connectivity index (χ0v) is 10.6. The predicted octanol–water partition coefficient (Wildman–Crippen LogP) is 4.95. The van der Waals surface area contributed by atoms with E-state index in [4.69, 9.17) is 0 Å². The summed E-state index contributed by atoms with van der Waals surface area (Å²) in [6.07, 6.45) is 7.27. The van der Waals surface area contributed by atoms with Gasteiger partial charge in [0.1, 0.15) is 0 Å². The van der Waals surface area contributed by atoms with E-state index in [0.29, 0.717) is 5.41 Å². The summed E-state index contributed by atoms with van der Waals surface area (Å²) in [5.41, 5.74) is 3.53. The quantitative estimate of drug-likeness (QED) is 0.558. The molecule has 0 spiro atoms. The maximum absolute atomic E-state index is 2.41. The summed E-state index contributed by atoms with van der Waals surface area (Å²) in [4.78, 5) is 0. The minimum absolute atomic E-state index is 0.424. The van der Waals surface area contributed by atoms with Crippen LogP contribution in [0.3, 0.4) is 0 Å². The van der Waals surface area contributed by atoms with Crippen molar-refractivity contribution in [3.8, 4) is 0 Å². The van der Waals surface area contributed by atoms with E-state index in [-0.39, 0.29) is 0 Å². The zero-order valence-electron chi connectivity index (χ0n) is 10.6. The Bertz CT molecular complexity index is 210. The Labute approximate surface area is 89.8 Å². The summed E-state index contributed by atoms with van der Waals surface area (Å²) in [6.45, 7) is 11.6. The summed E-state index contributed by atoms with van der Waals surface area (Å²) in [7, 11) is 0. The normalized spacial score (nSPS) is 18.6. The minimum atomic E-state index is 0.424. The SMILES string of the molecule is CC(C)=C(C)C(C)(C)CC1CCCC1. The third kappa shape index (κ3) is 2.87. The van der Waals surface area contributed by atoms with Crippen molar-refractivity contribution in [1.29, 1.82) is 0 Å². The second-order valence-corrected chi connectivity index (χ2v) is 5.86. The molecule has 0 aliphatic heterocycles. The highest BCUT2D eigenvalue weighted by molar-refractivity contribution is 5.15. The van der Waals surface area contributed by atoms with E-state index in [1.807, 2.05) is 0 Å². The average Bonchev–Trinajstić information content (AvgIpc) is 2.54. The van der Waals surface area contributed by atoms with E-state index in [2.05, 4.69) is 34.6 Å². The summed E-state index contributed by atoms with van der Waals surface area (Å²) in [5.74, 6) is 0.999. The minimum Gasteiger partial charge on any atom is -0.0770 e. The number of allylic oxidation sites excluding steroid dienone is 2. The van der Waals surface area contributed by atoms with Crippen LogP contribution in [0.4, 0.5) is 0 Å². The van der Waals surface area contributed by atoms with Gasteiger partial charge in [0.25, 0.3) is 0 Å². The standard InChI is InChI=1S/C14H26/c1-11(2)12(3)14(4,5)10-13-8-6-7-9-13/h13H,6-10H2,1-5H3. The fraction of sp³-hybridized carbons (Fsp3) is 0.857. The van der Waals surface area contributed by atoms with Gasteiger partial charge in [-0.3, -0.25) is 0 Å². The first-order valence-corrected chi connectivity index (χ1v) is 6.08. The highest BCUT2D eigenvalue weighted by Gasteiger charge is 2.27. The van der Waals surface area contributed by atoms with Gasteiger partial charge >= 0.3 is 0 Å². The molecule has 1 aliphatic carbocycles. The third-order valence-electron chi connectivity index (χ3n) is 4.04. The highest BCUT2D eigenvalue weighted by Crippen LogP contribution is 2.40. The number of hydrogen-bond acceptors (Lipinski definition) is 0. The van der Waals surface area contributed by atoms with E-state index in [0.717, 1.165) is 5.92 Å². The van der Waals surface area contributed by atoms with Gasteiger partial charge in [-0.1, -0.05) is 50.7 Å². The van der Waals surface area contributed by atoms with Crippen molar-refractivity contribution in [2.45, 2.75) is 66.7 Å². The molecule has 0 bridgehead atoms. The van der Waals surface area contributed by atoms with Crippen LogP contribution in [0, 0.1) is 11.3 Å². The first-order valence-electron chi connectivity index (χ1n) is 6.08. The second-order valence-electron chi connectivity index (χ2n) is 5.86. The Morgan fingerprint density at radius 1 is 1.07 bits per heavy atom. The Balaban J connectivity index is 2.60. The van der Waals surface area contributed by atoms with Gasteiger partial charge in [0, 0.05) is 0 Å². The van der Waals surface area contributed by atoms with Crippen LogP contribution >= 0.6 is 0 Å². The van der Waals surface area contributed by atoms with E-state index < -0.39 is 0 Å². The summed E-state index contributed by atoms with van der Waals surface area (Å²) < 4.78 is 0. The smallest absolute Gasteiger partial charge is 0.0142 e. The van der Waals surface area contributed by atoms with Crippen molar-refractivity contribution in [1.82, 2.24) is 0 Å². The molecule has 0 heterocycles. The third-order valence-corrected chi connectivity index (χ3v) is 4.04. The zero-order chi connectivity index (χ0) is 10.8. The summed E-state index contributed by atoms with van der Waals surface area (Å²) >= 11 is 0. The monoisotopic (exact) mass is 194 g/mol. The van der Waals surface area contributed by atoms with E-state index >= 15 is 0 Å². The van der Waals surface area contributed by atoms with E-state index in [1.54, 1.807) is 5.57 Å². The molecule has 1 saturated carbocycles. The molecule has 0 saturated heterocycles. The van der Waals surface area contributed by atoms with Crippen LogP contribution in [0.15, 0.2) is 11.1 Å². The predicted molar refractivity (Wildman–Crippen MR) is 64.4 cm³/mol. The maximum atomic E-state index is 2.41. The molecule has 1 fully saturated rings. The molecule has 0 aromatic rings. The van der Waals surface area contributed by atoms with Gasteiger partial charge < -0.3 is 0 Å². The van der Waals surface area contributed by atoms with Crippen LogP contribution in [0.25, 0.3) is 0 Å². The van der Waals surface area contributed by atoms with E-state index in [9.17, 15) is 0 Å². The van der Waals surface area contributed by atoms with Gasteiger partial charge in [-0.05, 0) is 38.5 Å². The Morgan fingerprint density at radius 3 is 2.00 bits per heavy atom. The van der Waals surface area contributed by atoms with Crippen molar-refractivity contribution >= 4 is 0 Å². The molecular weight excluding hydrogens is 168 g/mol. The molecule has 1 rings (SSSR count). The molecule has 0 radical (unpaired) electrons. The number of rotatable bonds is 3. The Hall–Kier alpha value is -0.260. The van der Waals surface area contributed by atoms with Gasteiger partial charge in [0.2, 0.25) is 0 Å². The molecular formula is C14H26. The van der Waals surface area contributed by atoms with Crippen LogP contribution in [-0.2, 0) is 0 Å². The topological polar surface area (TPSA) is 0 Å². The fourth-order valence-electron chi connectivity index (χ4n) is 2.77. The fourth-order valence-corrected chi connectivity index (χ4v) is 2.77. The first-order chi connectivity index (χ1) is 6.43. The van der Waals surface area contributed by atoms with Gasteiger partial charge in [0.15, 0.2) is 0 Å². The Kier molecular flexibility index (Phi) is 3.80. The van der Waals surface area contributed by atoms with Crippen LogP contribution in [0.2, 0.25) is 0 Å². The lowest BCUT2D eigenvalue weighted by molar-refractivity contribution is 0.316. The molecule has 0 unspecified atom stereocenters. The van der Waals surface area contributed by atoms with Gasteiger partial charge in [-0.15, -0.1) is 0 Å². The van der Waals surface area contributed by atoms with Crippen LogP contribution in [0.5, 0.6) is 0 Å². The highest BCUT2D eigenvalue weighted by atomic mass is 14.3. The van der Waals surface area contributed by atoms with E-state index in [1.165, 1.54) is 37.7 Å². The lowest BCUT2D eigenvalue weighted by Crippen LogP contribution is -2.18. The molecule has 14 heavy (non-hydrogen) atoms. The Morgan fingerprint density at radius 2 is 1.57 bits per heavy atom. The summed E-state index contributed by atoms with van der Waals surface area (Å²) in [5, 5.41) is 0.